The van der Waals surface area contributed by atoms with Crippen LogP contribution in [0.2, 0.25) is 0 Å². The summed E-state index contributed by atoms with van der Waals surface area (Å²) in [5.41, 5.74) is 2.87. The molecule has 4 aromatic rings. The smallest absolute Gasteiger partial charge is 0.354 e. The van der Waals surface area contributed by atoms with E-state index < -0.39 is 5.97 Å². The number of aromatic carboxylic acids is 1. The van der Waals surface area contributed by atoms with Gasteiger partial charge in [0, 0.05) is 27.9 Å². The van der Waals surface area contributed by atoms with Gasteiger partial charge in [-0.15, -0.1) is 0 Å². The lowest BCUT2D eigenvalue weighted by Gasteiger charge is -2.11. The van der Waals surface area contributed by atoms with Crippen molar-refractivity contribution in [3.63, 3.8) is 0 Å². The first kappa shape index (κ1) is 16.0. The number of pyridine rings is 1. The number of carbonyl (C=O) groups is 1. The predicted octanol–water partition coefficient (Wildman–Crippen LogP) is 4.10. The third-order valence-corrected chi connectivity index (χ3v) is 4.38. The van der Waals surface area contributed by atoms with Gasteiger partial charge in [-0.1, -0.05) is 18.2 Å². The van der Waals surface area contributed by atoms with E-state index in [0.29, 0.717) is 22.8 Å². The summed E-state index contributed by atoms with van der Waals surface area (Å²) >= 11 is 0. The van der Waals surface area contributed by atoms with Gasteiger partial charge < -0.3 is 19.6 Å². The second kappa shape index (κ2) is 6.07. The highest BCUT2D eigenvalue weighted by atomic mass is 16.5. The fourth-order valence-corrected chi connectivity index (χ4v) is 3.14. The van der Waals surface area contributed by atoms with E-state index in [9.17, 15) is 9.90 Å². The van der Waals surface area contributed by atoms with Crippen LogP contribution in [0.25, 0.3) is 33.1 Å². The maximum atomic E-state index is 11.6. The van der Waals surface area contributed by atoms with Crippen molar-refractivity contribution in [1.29, 1.82) is 0 Å². The highest BCUT2D eigenvalue weighted by Gasteiger charge is 2.19. The van der Waals surface area contributed by atoms with Crippen molar-refractivity contribution in [2.24, 2.45) is 0 Å². The molecule has 6 nitrogen and oxygen atoms in total. The Morgan fingerprint density at radius 2 is 1.85 bits per heavy atom. The van der Waals surface area contributed by atoms with Gasteiger partial charge in [-0.2, -0.15) is 0 Å². The Bertz CT molecular complexity index is 1150. The molecule has 0 aliphatic carbocycles. The van der Waals surface area contributed by atoms with Crippen LogP contribution in [0.4, 0.5) is 0 Å². The molecule has 0 spiro atoms. The van der Waals surface area contributed by atoms with Crippen LogP contribution in [0.1, 0.15) is 10.5 Å². The Morgan fingerprint density at radius 3 is 2.58 bits per heavy atom. The highest BCUT2D eigenvalue weighted by molar-refractivity contribution is 6.13. The number of nitrogens with one attached hydrogen (secondary N) is 1. The molecular weight excluding hydrogens is 332 g/mol. The predicted molar refractivity (Wildman–Crippen MR) is 99.1 cm³/mol. The lowest BCUT2D eigenvalue weighted by molar-refractivity contribution is 0.0691. The summed E-state index contributed by atoms with van der Waals surface area (Å²) in [4.78, 5) is 19.3. The Morgan fingerprint density at radius 1 is 1.04 bits per heavy atom. The van der Waals surface area contributed by atoms with Crippen molar-refractivity contribution < 1.29 is 19.4 Å². The number of para-hydroxylation sites is 1. The zero-order valence-corrected chi connectivity index (χ0v) is 14.2. The van der Waals surface area contributed by atoms with E-state index in [2.05, 4.69) is 9.97 Å². The van der Waals surface area contributed by atoms with Crippen LogP contribution in [0.5, 0.6) is 11.5 Å². The van der Waals surface area contributed by atoms with E-state index >= 15 is 0 Å². The van der Waals surface area contributed by atoms with Gasteiger partial charge in [-0.05, 0) is 24.3 Å². The maximum Gasteiger partial charge on any atom is 0.354 e. The summed E-state index contributed by atoms with van der Waals surface area (Å²) in [6.07, 6.45) is 0. The summed E-state index contributed by atoms with van der Waals surface area (Å²) in [6.45, 7) is 0. The molecule has 0 unspecified atom stereocenters. The summed E-state index contributed by atoms with van der Waals surface area (Å²) in [5.74, 6) is 0.123. The average Bonchev–Trinajstić information content (AvgIpc) is 3.05. The van der Waals surface area contributed by atoms with Gasteiger partial charge >= 0.3 is 5.97 Å². The van der Waals surface area contributed by atoms with E-state index in [4.69, 9.17) is 9.47 Å². The SMILES string of the molecule is COc1ccc(-c2nc(C(=O)O)cc3c2[nH]c2ccccc23)c(OC)c1. The van der Waals surface area contributed by atoms with Gasteiger partial charge in [-0.25, -0.2) is 9.78 Å². The molecule has 0 aliphatic rings. The van der Waals surface area contributed by atoms with Gasteiger partial charge in [0.2, 0.25) is 0 Å². The van der Waals surface area contributed by atoms with Crippen molar-refractivity contribution in [3.05, 3.63) is 54.2 Å². The Balaban J connectivity index is 2.10. The maximum absolute atomic E-state index is 11.6. The summed E-state index contributed by atoms with van der Waals surface area (Å²) in [6, 6.07) is 14.7. The van der Waals surface area contributed by atoms with E-state index in [-0.39, 0.29) is 5.69 Å². The number of fused-ring (bicyclic) bond motifs is 3. The number of benzene rings is 2. The molecule has 2 heterocycles. The van der Waals surface area contributed by atoms with Crippen LogP contribution in [0, 0.1) is 0 Å². The molecule has 0 saturated heterocycles. The lowest BCUT2D eigenvalue weighted by Crippen LogP contribution is -2.02. The van der Waals surface area contributed by atoms with E-state index in [1.165, 1.54) is 0 Å². The number of rotatable bonds is 4. The standard InChI is InChI=1S/C20H16N2O4/c1-25-11-7-8-13(17(9-11)26-2)18-19-14(10-16(22-18)20(23)24)12-5-3-4-6-15(12)21-19/h3-10,21H,1-2H3,(H,23,24). The van der Waals surface area contributed by atoms with E-state index in [1.54, 1.807) is 32.4 Å². The molecule has 0 aliphatic heterocycles. The number of nitrogens with zero attached hydrogens (tertiary/aromatic N) is 1. The van der Waals surface area contributed by atoms with Crippen LogP contribution < -0.4 is 9.47 Å². The molecule has 2 aromatic heterocycles. The largest absolute Gasteiger partial charge is 0.497 e. The van der Waals surface area contributed by atoms with Crippen molar-refractivity contribution in [2.75, 3.05) is 14.2 Å². The minimum absolute atomic E-state index is 0.0184. The fourth-order valence-electron chi connectivity index (χ4n) is 3.14. The first-order valence-corrected chi connectivity index (χ1v) is 7.99. The molecule has 0 radical (unpaired) electrons. The number of H-pyrrole nitrogens is 1. The zero-order valence-electron chi connectivity index (χ0n) is 14.2. The number of hydrogen-bond acceptors (Lipinski definition) is 4. The van der Waals surface area contributed by atoms with Crippen LogP contribution >= 0.6 is 0 Å². The molecule has 0 fully saturated rings. The fraction of sp³-hybridized carbons (Fsp3) is 0.100. The van der Waals surface area contributed by atoms with Crippen molar-refractivity contribution in [3.8, 4) is 22.8 Å². The Kier molecular flexibility index (Phi) is 3.73. The van der Waals surface area contributed by atoms with E-state index in [1.807, 2.05) is 30.3 Å². The number of hydrogen-bond donors (Lipinski definition) is 2. The third-order valence-electron chi connectivity index (χ3n) is 4.38. The van der Waals surface area contributed by atoms with Crippen LogP contribution in [-0.4, -0.2) is 35.3 Å². The van der Waals surface area contributed by atoms with Crippen molar-refractivity contribution >= 4 is 27.8 Å². The molecule has 2 N–H and O–H groups in total. The summed E-state index contributed by atoms with van der Waals surface area (Å²) in [7, 11) is 3.13. The second-order valence-electron chi connectivity index (χ2n) is 5.82. The second-order valence-corrected chi connectivity index (χ2v) is 5.82. The van der Waals surface area contributed by atoms with Crippen LogP contribution in [-0.2, 0) is 0 Å². The minimum atomic E-state index is -1.08. The number of aromatic nitrogens is 2. The van der Waals surface area contributed by atoms with E-state index in [0.717, 1.165) is 21.8 Å². The molecule has 0 atom stereocenters. The number of carboxylic acids is 1. The molecular formula is C20H16N2O4. The molecule has 4 rings (SSSR count). The Labute approximate surface area is 149 Å². The number of methoxy groups -OCH3 is 2. The molecule has 0 amide bonds. The van der Waals surface area contributed by atoms with Crippen molar-refractivity contribution in [1.82, 2.24) is 9.97 Å². The van der Waals surface area contributed by atoms with Gasteiger partial charge in [0.05, 0.1) is 25.4 Å². The molecule has 130 valence electrons. The topological polar surface area (TPSA) is 84.4 Å². The number of carboxylic acid groups (broad SMARTS) is 1. The summed E-state index contributed by atoms with van der Waals surface area (Å²) < 4.78 is 10.7. The monoisotopic (exact) mass is 348 g/mol. The first-order chi connectivity index (χ1) is 12.6. The summed E-state index contributed by atoms with van der Waals surface area (Å²) in [5, 5.41) is 11.3. The van der Waals surface area contributed by atoms with Gasteiger partial charge in [0.25, 0.3) is 0 Å². The zero-order chi connectivity index (χ0) is 18.3. The first-order valence-electron chi connectivity index (χ1n) is 7.99. The number of aromatic amines is 1. The Hall–Kier alpha value is -3.54. The molecule has 0 saturated carbocycles. The van der Waals surface area contributed by atoms with Gasteiger partial charge in [-0.3, -0.25) is 0 Å². The molecule has 0 bridgehead atoms. The average molecular weight is 348 g/mol. The van der Waals surface area contributed by atoms with Gasteiger partial charge in [0.15, 0.2) is 0 Å². The quantitative estimate of drug-likeness (QED) is 0.580. The molecule has 2 aromatic carbocycles. The molecule has 26 heavy (non-hydrogen) atoms. The normalized spacial score (nSPS) is 11.0. The minimum Gasteiger partial charge on any atom is -0.497 e. The lowest BCUT2D eigenvalue weighted by atomic mass is 10.1. The third kappa shape index (κ3) is 2.43. The van der Waals surface area contributed by atoms with Crippen molar-refractivity contribution in [2.45, 2.75) is 0 Å². The highest BCUT2D eigenvalue weighted by Crippen LogP contribution is 2.38. The van der Waals surface area contributed by atoms with Crippen LogP contribution in [0.3, 0.4) is 0 Å². The van der Waals surface area contributed by atoms with Gasteiger partial charge in [0.1, 0.15) is 17.2 Å². The molecule has 6 heteroatoms. The van der Waals surface area contributed by atoms with Crippen LogP contribution in [0.15, 0.2) is 48.5 Å². The number of ether oxygens (including phenoxy) is 2.